The van der Waals surface area contributed by atoms with Gasteiger partial charge in [-0.15, -0.1) is 0 Å². The Balaban J connectivity index is 2.48. The quantitative estimate of drug-likeness (QED) is 0.551. The number of hydrogen-bond acceptors (Lipinski definition) is 5. The summed E-state index contributed by atoms with van der Waals surface area (Å²) in [5.74, 6) is -1.78. The Morgan fingerprint density at radius 3 is 2.18 bits per heavy atom. The largest absolute Gasteiger partial charge is 0.454 e. The zero-order chi connectivity index (χ0) is 21.1. The molecule has 1 atom stereocenters. The number of carbonyl (C=O) groups is 4. The van der Waals surface area contributed by atoms with Crippen molar-refractivity contribution in [3.8, 4) is 0 Å². The normalized spacial score (nSPS) is 11.6. The summed E-state index contributed by atoms with van der Waals surface area (Å²) < 4.78 is 4.96. The molecule has 0 fully saturated rings. The van der Waals surface area contributed by atoms with Crippen LogP contribution in [0.25, 0.3) is 0 Å². The van der Waals surface area contributed by atoms with Crippen molar-refractivity contribution in [1.82, 2.24) is 16.0 Å². The number of esters is 1. The van der Waals surface area contributed by atoms with Gasteiger partial charge >= 0.3 is 12.0 Å². The van der Waals surface area contributed by atoms with E-state index in [4.69, 9.17) is 4.74 Å². The zero-order valence-electron chi connectivity index (χ0n) is 16.8. The van der Waals surface area contributed by atoms with Gasteiger partial charge in [0.25, 0.3) is 5.91 Å². The van der Waals surface area contributed by atoms with Gasteiger partial charge < -0.3 is 15.4 Å². The van der Waals surface area contributed by atoms with Gasteiger partial charge in [0.15, 0.2) is 6.61 Å². The van der Waals surface area contributed by atoms with Gasteiger partial charge in [-0.3, -0.25) is 14.9 Å². The summed E-state index contributed by atoms with van der Waals surface area (Å²) in [4.78, 5) is 47.7. The summed E-state index contributed by atoms with van der Waals surface area (Å²) in [5.41, 5.74) is 0.822. The Bertz CT molecular complexity index is 674. The van der Waals surface area contributed by atoms with Gasteiger partial charge in [0.1, 0.15) is 6.04 Å². The third kappa shape index (κ3) is 9.16. The summed E-state index contributed by atoms with van der Waals surface area (Å²) >= 11 is 0. The molecule has 0 saturated heterocycles. The lowest BCUT2D eigenvalue weighted by molar-refractivity contribution is -0.152. The van der Waals surface area contributed by atoms with E-state index in [1.165, 1.54) is 0 Å². The molecular weight excluding hydrogens is 362 g/mol. The lowest BCUT2D eigenvalue weighted by Crippen LogP contribution is -2.47. The van der Waals surface area contributed by atoms with Crippen LogP contribution in [-0.2, 0) is 25.5 Å². The Morgan fingerprint density at radius 2 is 1.61 bits per heavy atom. The lowest BCUT2D eigenvalue weighted by Gasteiger charge is -2.20. The molecule has 154 valence electrons. The minimum absolute atomic E-state index is 0.133. The summed E-state index contributed by atoms with van der Waals surface area (Å²) in [6, 6.07) is 7.60. The molecule has 0 aliphatic heterocycles. The fraction of sp³-hybridized carbons (Fsp3) is 0.500. The molecule has 0 aliphatic rings. The molecule has 3 N–H and O–H groups in total. The summed E-state index contributed by atoms with van der Waals surface area (Å²) in [6.45, 7) is 7.17. The molecule has 4 amide bonds. The van der Waals surface area contributed by atoms with E-state index in [-0.39, 0.29) is 24.2 Å². The number of urea groups is 1. The van der Waals surface area contributed by atoms with E-state index in [0.717, 1.165) is 5.56 Å². The monoisotopic (exact) mass is 391 g/mol. The molecule has 0 aliphatic carbocycles. The highest BCUT2D eigenvalue weighted by Gasteiger charge is 2.26. The van der Waals surface area contributed by atoms with Gasteiger partial charge in [0.05, 0.1) is 6.42 Å². The Kier molecular flexibility index (Phi) is 9.70. The van der Waals surface area contributed by atoms with Crippen LogP contribution < -0.4 is 16.0 Å². The third-order valence-electron chi connectivity index (χ3n) is 3.71. The second-order valence-corrected chi connectivity index (χ2v) is 7.21. The van der Waals surface area contributed by atoms with Gasteiger partial charge in [-0.2, -0.15) is 0 Å². The lowest BCUT2D eigenvalue weighted by atomic mass is 10.0. The predicted molar refractivity (Wildman–Crippen MR) is 104 cm³/mol. The van der Waals surface area contributed by atoms with Crippen molar-refractivity contribution < 1.29 is 23.9 Å². The van der Waals surface area contributed by atoms with E-state index in [1.54, 1.807) is 13.8 Å². The first-order valence-corrected chi connectivity index (χ1v) is 9.26. The van der Waals surface area contributed by atoms with Crippen molar-refractivity contribution in [3.05, 3.63) is 35.9 Å². The van der Waals surface area contributed by atoms with Crippen LogP contribution >= 0.6 is 0 Å². The van der Waals surface area contributed by atoms with Crippen LogP contribution in [0.3, 0.4) is 0 Å². The van der Waals surface area contributed by atoms with Gasteiger partial charge in [-0.05, 0) is 17.4 Å². The van der Waals surface area contributed by atoms with E-state index in [1.807, 2.05) is 44.2 Å². The van der Waals surface area contributed by atoms with Crippen LogP contribution in [0.4, 0.5) is 4.79 Å². The highest BCUT2D eigenvalue weighted by Crippen LogP contribution is 2.06. The predicted octanol–water partition coefficient (Wildman–Crippen LogP) is 1.39. The average molecular weight is 391 g/mol. The number of ether oxygens (including phenoxy) is 1. The summed E-state index contributed by atoms with van der Waals surface area (Å²) in [6.07, 6.45) is 0.133. The first kappa shape index (κ1) is 23.1. The van der Waals surface area contributed by atoms with Gasteiger partial charge in [0, 0.05) is 6.54 Å². The average Bonchev–Trinajstić information content (AvgIpc) is 2.63. The number of nitrogens with one attached hydrogen (secondary N) is 3. The Hall–Kier alpha value is -2.90. The summed E-state index contributed by atoms with van der Waals surface area (Å²) in [7, 11) is 0. The second-order valence-electron chi connectivity index (χ2n) is 7.21. The van der Waals surface area contributed by atoms with Crippen molar-refractivity contribution in [1.29, 1.82) is 0 Å². The number of amides is 4. The number of rotatable bonds is 9. The molecule has 0 bridgehead atoms. The van der Waals surface area contributed by atoms with Crippen molar-refractivity contribution in [2.24, 2.45) is 11.8 Å². The van der Waals surface area contributed by atoms with E-state index in [9.17, 15) is 19.2 Å². The topological polar surface area (TPSA) is 114 Å². The van der Waals surface area contributed by atoms with Crippen molar-refractivity contribution in [2.45, 2.75) is 40.2 Å². The minimum Gasteiger partial charge on any atom is -0.454 e. The first-order chi connectivity index (χ1) is 13.2. The maximum Gasteiger partial charge on any atom is 0.329 e. The number of carbonyl (C=O) groups excluding carboxylic acids is 4. The molecule has 1 aromatic rings. The molecule has 8 heteroatoms. The minimum atomic E-state index is -0.890. The van der Waals surface area contributed by atoms with Gasteiger partial charge in [0.2, 0.25) is 5.91 Å². The van der Waals surface area contributed by atoms with Crippen molar-refractivity contribution >= 4 is 23.8 Å². The SMILES string of the molecule is CC(C)CNC(=O)NC(=O)COC(=O)[C@@H](NC(=O)Cc1ccccc1)C(C)C. The van der Waals surface area contributed by atoms with Crippen LogP contribution in [0.2, 0.25) is 0 Å². The standard InChI is InChI=1S/C20H29N3O5/c1-13(2)11-21-20(27)23-17(25)12-28-19(26)18(14(3)4)22-16(24)10-15-8-6-5-7-9-15/h5-9,13-14,18H,10-12H2,1-4H3,(H,22,24)(H2,21,23,25,27)/t18-/m0/s1. The van der Waals surface area contributed by atoms with E-state index < -0.39 is 30.6 Å². The fourth-order valence-electron chi connectivity index (χ4n) is 2.23. The van der Waals surface area contributed by atoms with Gasteiger partial charge in [-0.25, -0.2) is 9.59 Å². The molecule has 8 nitrogen and oxygen atoms in total. The molecule has 1 rings (SSSR count). The number of benzene rings is 1. The van der Waals surface area contributed by atoms with E-state index in [2.05, 4.69) is 16.0 Å². The molecule has 0 radical (unpaired) electrons. The third-order valence-corrected chi connectivity index (χ3v) is 3.71. The van der Waals surface area contributed by atoms with Crippen LogP contribution in [0.15, 0.2) is 30.3 Å². The molecular formula is C20H29N3O5. The zero-order valence-corrected chi connectivity index (χ0v) is 16.8. The Morgan fingerprint density at radius 1 is 0.964 bits per heavy atom. The molecule has 0 spiro atoms. The molecule has 0 saturated carbocycles. The van der Waals surface area contributed by atoms with E-state index in [0.29, 0.717) is 6.54 Å². The van der Waals surface area contributed by atoms with E-state index >= 15 is 0 Å². The molecule has 0 aromatic heterocycles. The van der Waals surface area contributed by atoms with Crippen molar-refractivity contribution in [2.75, 3.05) is 13.2 Å². The van der Waals surface area contributed by atoms with Crippen LogP contribution in [-0.4, -0.2) is 43.0 Å². The molecule has 0 unspecified atom stereocenters. The fourth-order valence-corrected chi connectivity index (χ4v) is 2.23. The van der Waals surface area contributed by atoms with Gasteiger partial charge in [-0.1, -0.05) is 58.0 Å². The van der Waals surface area contributed by atoms with Crippen LogP contribution in [0, 0.1) is 11.8 Å². The molecule has 28 heavy (non-hydrogen) atoms. The second kappa shape index (κ2) is 11.7. The van der Waals surface area contributed by atoms with Crippen LogP contribution in [0.1, 0.15) is 33.3 Å². The molecule has 1 aromatic carbocycles. The first-order valence-electron chi connectivity index (χ1n) is 9.26. The highest BCUT2D eigenvalue weighted by molar-refractivity contribution is 5.96. The smallest absolute Gasteiger partial charge is 0.329 e. The maximum absolute atomic E-state index is 12.3. The maximum atomic E-state index is 12.3. The molecule has 0 heterocycles. The number of imide groups is 1. The Labute approximate surface area is 165 Å². The van der Waals surface area contributed by atoms with Crippen LogP contribution in [0.5, 0.6) is 0 Å². The van der Waals surface area contributed by atoms with Crippen molar-refractivity contribution in [3.63, 3.8) is 0 Å². The number of hydrogen-bond donors (Lipinski definition) is 3. The highest BCUT2D eigenvalue weighted by atomic mass is 16.5. The summed E-state index contributed by atoms with van der Waals surface area (Å²) in [5, 5.41) is 7.24.